The smallest absolute Gasteiger partial charge is 0.241 e. The number of hydrogen-bond donors (Lipinski definition) is 1. The number of nitrogens with zero attached hydrogens (tertiary/aromatic N) is 1. The van der Waals surface area contributed by atoms with E-state index in [0.29, 0.717) is 11.8 Å². The first kappa shape index (κ1) is 13.9. The molecule has 0 unspecified atom stereocenters. The summed E-state index contributed by atoms with van der Waals surface area (Å²) in [6, 6.07) is 0. The molecule has 0 aromatic carbocycles. The Hall–Kier alpha value is -0.770. The second-order valence-corrected chi connectivity index (χ2v) is 8.61. The van der Waals surface area contributed by atoms with Crippen molar-refractivity contribution < 1.29 is 9.59 Å². The molecular weight excluding hydrogens is 288 g/mol. The maximum Gasteiger partial charge on any atom is 0.241 e. The summed E-state index contributed by atoms with van der Waals surface area (Å²) in [5.41, 5.74) is -0.291. The number of carbonyl (C=O) groups excluding carboxylic acids is 2. The zero-order chi connectivity index (χ0) is 14.7. The van der Waals surface area contributed by atoms with Crippen molar-refractivity contribution in [3.63, 3.8) is 0 Å². The van der Waals surface area contributed by atoms with E-state index >= 15 is 0 Å². The Bertz CT molecular complexity index is 475. The standard InChI is InChI=1S/C16H23ClN2O2/c17-16-7-11-4-12(8-16)6-15(5-11,10-16)14(21)18-9-13(20)19-2-1-3-19/h11-12H,1-10H2,(H,18,21)/t11-,12-,15?,16?/m0/s1. The van der Waals surface area contributed by atoms with Gasteiger partial charge in [0.15, 0.2) is 0 Å². The summed E-state index contributed by atoms with van der Waals surface area (Å²) in [5, 5.41) is 2.92. The van der Waals surface area contributed by atoms with Gasteiger partial charge in [0.25, 0.3) is 0 Å². The van der Waals surface area contributed by atoms with Gasteiger partial charge >= 0.3 is 0 Å². The van der Waals surface area contributed by atoms with Crippen LogP contribution in [0.3, 0.4) is 0 Å². The molecule has 1 saturated heterocycles. The average Bonchev–Trinajstić information content (AvgIpc) is 2.30. The molecule has 2 amide bonds. The molecule has 4 aliphatic carbocycles. The van der Waals surface area contributed by atoms with Crippen LogP contribution in [0.4, 0.5) is 0 Å². The largest absolute Gasteiger partial charge is 0.347 e. The molecule has 4 bridgehead atoms. The van der Waals surface area contributed by atoms with E-state index in [0.717, 1.165) is 51.6 Å². The molecular formula is C16H23ClN2O2. The highest BCUT2D eigenvalue weighted by Gasteiger charge is 2.60. The number of rotatable bonds is 3. The summed E-state index contributed by atoms with van der Waals surface area (Å²) in [6.45, 7) is 1.84. The van der Waals surface area contributed by atoms with Crippen LogP contribution < -0.4 is 5.32 Å². The third kappa shape index (κ3) is 2.26. The topological polar surface area (TPSA) is 49.4 Å². The van der Waals surface area contributed by atoms with Gasteiger partial charge < -0.3 is 10.2 Å². The van der Waals surface area contributed by atoms with Gasteiger partial charge in [-0.1, -0.05) is 0 Å². The zero-order valence-corrected chi connectivity index (χ0v) is 13.1. The number of hydrogen-bond acceptors (Lipinski definition) is 2. The van der Waals surface area contributed by atoms with Crippen LogP contribution in [-0.2, 0) is 9.59 Å². The fourth-order valence-corrected chi connectivity index (χ4v) is 6.13. The highest BCUT2D eigenvalue weighted by atomic mass is 35.5. The molecule has 1 aliphatic heterocycles. The van der Waals surface area contributed by atoms with E-state index in [4.69, 9.17) is 11.6 Å². The SMILES string of the molecule is O=C(CNC(=O)C12C[C@@H]3C[C@H](CC(Cl)(C3)C1)C2)N1CCC1. The minimum Gasteiger partial charge on any atom is -0.347 e. The summed E-state index contributed by atoms with van der Waals surface area (Å²) in [5.74, 6) is 1.36. The molecule has 5 heteroatoms. The van der Waals surface area contributed by atoms with Crippen molar-refractivity contribution in [1.82, 2.24) is 10.2 Å². The molecule has 21 heavy (non-hydrogen) atoms. The van der Waals surface area contributed by atoms with E-state index in [1.54, 1.807) is 0 Å². The number of nitrogens with one attached hydrogen (secondary N) is 1. The second-order valence-electron chi connectivity index (χ2n) is 7.81. The Morgan fingerprint density at radius 1 is 1.14 bits per heavy atom. The van der Waals surface area contributed by atoms with Crippen molar-refractivity contribution in [3.05, 3.63) is 0 Å². The Morgan fingerprint density at radius 3 is 2.33 bits per heavy atom. The molecule has 0 aromatic heterocycles. The summed E-state index contributed by atoms with van der Waals surface area (Å²) in [6.07, 6.45) is 7.24. The van der Waals surface area contributed by atoms with E-state index in [-0.39, 0.29) is 28.6 Å². The van der Waals surface area contributed by atoms with Gasteiger partial charge in [0.2, 0.25) is 11.8 Å². The van der Waals surface area contributed by atoms with E-state index in [2.05, 4.69) is 5.32 Å². The summed E-state index contributed by atoms with van der Waals surface area (Å²) < 4.78 is 0. The van der Waals surface area contributed by atoms with Crippen molar-refractivity contribution in [2.75, 3.05) is 19.6 Å². The molecule has 4 nitrogen and oxygen atoms in total. The van der Waals surface area contributed by atoms with E-state index < -0.39 is 0 Å². The lowest BCUT2D eigenvalue weighted by molar-refractivity contribution is -0.147. The number of amides is 2. The maximum absolute atomic E-state index is 12.7. The van der Waals surface area contributed by atoms with Gasteiger partial charge in [-0.25, -0.2) is 0 Å². The quantitative estimate of drug-likeness (QED) is 0.810. The van der Waals surface area contributed by atoms with Crippen LogP contribution >= 0.6 is 11.6 Å². The second kappa shape index (κ2) is 4.61. The van der Waals surface area contributed by atoms with Crippen LogP contribution in [0, 0.1) is 17.3 Å². The maximum atomic E-state index is 12.7. The number of carbonyl (C=O) groups is 2. The van der Waals surface area contributed by atoms with Gasteiger partial charge in [-0.3, -0.25) is 9.59 Å². The fourth-order valence-electron chi connectivity index (χ4n) is 5.44. The molecule has 5 rings (SSSR count). The highest BCUT2D eigenvalue weighted by molar-refractivity contribution is 6.24. The predicted molar refractivity (Wildman–Crippen MR) is 79.9 cm³/mol. The zero-order valence-electron chi connectivity index (χ0n) is 12.4. The lowest BCUT2D eigenvalue weighted by Crippen LogP contribution is -2.59. The van der Waals surface area contributed by atoms with Crippen LogP contribution in [0.15, 0.2) is 0 Å². The first-order valence-electron chi connectivity index (χ1n) is 8.23. The van der Waals surface area contributed by atoms with Crippen molar-refractivity contribution in [2.24, 2.45) is 17.3 Å². The summed E-state index contributed by atoms with van der Waals surface area (Å²) in [4.78, 5) is 26.3. The Kier molecular flexibility index (Phi) is 3.04. The first-order valence-corrected chi connectivity index (χ1v) is 8.61. The molecule has 4 saturated carbocycles. The lowest BCUT2D eigenvalue weighted by Gasteiger charge is -2.59. The minimum atomic E-state index is -0.291. The lowest BCUT2D eigenvalue weighted by atomic mass is 9.49. The van der Waals surface area contributed by atoms with Crippen LogP contribution in [0.1, 0.15) is 44.9 Å². The van der Waals surface area contributed by atoms with Crippen molar-refractivity contribution >= 4 is 23.4 Å². The van der Waals surface area contributed by atoms with E-state index in [9.17, 15) is 9.59 Å². The Labute approximate surface area is 130 Å². The van der Waals surface area contributed by atoms with Gasteiger partial charge in [-0.05, 0) is 56.8 Å². The van der Waals surface area contributed by atoms with Gasteiger partial charge in [-0.2, -0.15) is 0 Å². The molecule has 2 atom stereocenters. The van der Waals surface area contributed by atoms with Crippen molar-refractivity contribution in [1.29, 1.82) is 0 Å². The van der Waals surface area contributed by atoms with Gasteiger partial charge in [0.1, 0.15) is 0 Å². The molecule has 5 aliphatic rings. The third-order valence-corrected chi connectivity index (χ3v) is 6.52. The number of alkyl halides is 1. The van der Waals surface area contributed by atoms with Crippen LogP contribution in [0.5, 0.6) is 0 Å². The van der Waals surface area contributed by atoms with E-state index in [1.165, 1.54) is 6.42 Å². The molecule has 0 spiro atoms. The summed E-state index contributed by atoms with van der Waals surface area (Å²) >= 11 is 6.75. The normalized spacial score (nSPS) is 43.6. The van der Waals surface area contributed by atoms with Crippen molar-refractivity contribution in [3.8, 4) is 0 Å². The molecule has 0 aromatic rings. The summed E-state index contributed by atoms with van der Waals surface area (Å²) in [7, 11) is 0. The molecule has 0 radical (unpaired) electrons. The molecule has 1 heterocycles. The van der Waals surface area contributed by atoms with Crippen molar-refractivity contribution in [2.45, 2.75) is 49.8 Å². The first-order chi connectivity index (χ1) is 9.98. The molecule has 1 N–H and O–H groups in total. The monoisotopic (exact) mass is 310 g/mol. The van der Waals surface area contributed by atoms with E-state index in [1.807, 2.05) is 4.90 Å². The van der Waals surface area contributed by atoms with Gasteiger partial charge in [-0.15, -0.1) is 11.6 Å². The average molecular weight is 311 g/mol. The van der Waals surface area contributed by atoms with Crippen LogP contribution in [0.25, 0.3) is 0 Å². The number of likely N-dealkylation sites (tertiary alicyclic amines) is 1. The van der Waals surface area contributed by atoms with Gasteiger partial charge in [0.05, 0.1) is 12.0 Å². The highest BCUT2D eigenvalue weighted by Crippen LogP contribution is 2.63. The van der Waals surface area contributed by atoms with Gasteiger partial charge in [0, 0.05) is 18.0 Å². The number of halogens is 1. The molecule has 5 fully saturated rings. The molecule has 116 valence electrons. The minimum absolute atomic E-state index is 0.0555. The Balaban J connectivity index is 1.43. The van der Waals surface area contributed by atoms with Crippen LogP contribution in [0.2, 0.25) is 0 Å². The van der Waals surface area contributed by atoms with Crippen LogP contribution in [-0.4, -0.2) is 41.2 Å². The third-order valence-electron chi connectivity index (χ3n) is 6.08. The Morgan fingerprint density at radius 2 is 1.81 bits per heavy atom. The fraction of sp³-hybridized carbons (Fsp3) is 0.875. The predicted octanol–water partition coefficient (Wildman–Crippen LogP) is 1.91.